The maximum atomic E-state index is 12.8. The summed E-state index contributed by atoms with van der Waals surface area (Å²) in [7, 11) is -3.64. The number of aromatic amines is 1. The van der Waals surface area contributed by atoms with Gasteiger partial charge in [-0.05, 0) is 24.6 Å². The fourth-order valence-corrected chi connectivity index (χ4v) is 2.64. The molecule has 0 fully saturated rings. The van der Waals surface area contributed by atoms with E-state index in [1.807, 2.05) is 0 Å². The number of H-pyrrole nitrogens is 1. The lowest BCUT2D eigenvalue weighted by atomic mass is 10.1. The molecule has 18 heavy (non-hydrogen) atoms. The van der Waals surface area contributed by atoms with Crippen molar-refractivity contribution >= 4 is 10.0 Å². The van der Waals surface area contributed by atoms with Crippen molar-refractivity contribution in [3.05, 3.63) is 48.2 Å². The molecule has 96 valence electrons. The molecular formula is C11H12FN3O2S. The Bertz CT molecular complexity index is 608. The number of nitrogens with zero attached hydrogens (tertiary/aromatic N) is 1. The summed E-state index contributed by atoms with van der Waals surface area (Å²) in [6.07, 6.45) is 2.51. The zero-order chi connectivity index (χ0) is 13.2. The molecule has 2 rings (SSSR count). The van der Waals surface area contributed by atoms with Gasteiger partial charge in [0.05, 0.1) is 12.5 Å². The molecule has 7 heteroatoms. The maximum Gasteiger partial charge on any atom is 0.258 e. The first kappa shape index (κ1) is 12.7. The summed E-state index contributed by atoms with van der Waals surface area (Å²) in [6, 6.07) is 5.19. The number of aromatic nitrogens is 2. The van der Waals surface area contributed by atoms with Crippen LogP contribution >= 0.6 is 0 Å². The lowest BCUT2D eigenvalue weighted by Crippen LogP contribution is -2.27. The zero-order valence-corrected chi connectivity index (χ0v) is 10.4. The van der Waals surface area contributed by atoms with E-state index in [2.05, 4.69) is 14.7 Å². The van der Waals surface area contributed by atoms with Crippen LogP contribution < -0.4 is 4.72 Å². The Kier molecular flexibility index (Phi) is 3.44. The Balaban J connectivity index is 2.17. The van der Waals surface area contributed by atoms with Crippen LogP contribution in [-0.4, -0.2) is 18.4 Å². The molecule has 2 N–H and O–H groups in total. The molecule has 5 nitrogen and oxygen atoms in total. The van der Waals surface area contributed by atoms with Gasteiger partial charge in [-0.2, -0.15) is 0 Å². The van der Waals surface area contributed by atoms with Crippen molar-refractivity contribution in [1.82, 2.24) is 14.7 Å². The quantitative estimate of drug-likeness (QED) is 0.885. The molecule has 0 spiro atoms. The highest BCUT2D eigenvalue weighted by molar-refractivity contribution is 7.89. The predicted octanol–water partition coefficient (Wildman–Crippen LogP) is 1.59. The van der Waals surface area contributed by atoms with Gasteiger partial charge in [-0.25, -0.2) is 22.5 Å². The van der Waals surface area contributed by atoms with Crippen LogP contribution in [0, 0.1) is 5.82 Å². The van der Waals surface area contributed by atoms with Crippen molar-refractivity contribution < 1.29 is 12.8 Å². The van der Waals surface area contributed by atoms with Gasteiger partial charge in [-0.3, -0.25) is 0 Å². The van der Waals surface area contributed by atoms with E-state index in [0.717, 1.165) is 0 Å². The lowest BCUT2D eigenvalue weighted by molar-refractivity contribution is 0.563. The van der Waals surface area contributed by atoms with Crippen LogP contribution in [0.2, 0.25) is 0 Å². The molecule has 1 atom stereocenters. The molecule has 0 aliphatic heterocycles. The number of halogens is 1. The van der Waals surface area contributed by atoms with E-state index in [9.17, 15) is 12.8 Å². The topological polar surface area (TPSA) is 74.8 Å². The fourth-order valence-electron chi connectivity index (χ4n) is 1.51. The van der Waals surface area contributed by atoms with Crippen LogP contribution in [0.25, 0.3) is 0 Å². The van der Waals surface area contributed by atoms with Gasteiger partial charge in [0.2, 0.25) is 0 Å². The molecule has 2 aromatic rings. The van der Waals surface area contributed by atoms with E-state index in [1.165, 1.54) is 36.8 Å². The third kappa shape index (κ3) is 2.74. The summed E-state index contributed by atoms with van der Waals surface area (Å²) in [5.41, 5.74) is 0.680. The van der Waals surface area contributed by atoms with E-state index in [1.54, 1.807) is 6.92 Å². The van der Waals surface area contributed by atoms with E-state index in [4.69, 9.17) is 0 Å². The van der Waals surface area contributed by atoms with Crippen LogP contribution in [0.1, 0.15) is 18.5 Å². The van der Waals surface area contributed by atoms with Crippen molar-refractivity contribution in [2.45, 2.75) is 18.0 Å². The minimum absolute atomic E-state index is 0.00328. The number of hydrogen-bond acceptors (Lipinski definition) is 3. The first-order chi connectivity index (χ1) is 8.49. The molecule has 0 bridgehead atoms. The van der Waals surface area contributed by atoms with Gasteiger partial charge in [0.15, 0.2) is 5.03 Å². The van der Waals surface area contributed by atoms with Gasteiger partial charge >= 0.3 is 0 Å². The number of rotatable bonds is 4. The number of hydrogen-bond donors (Lipinski definition) is 2. The summed E-state index contributed by atoms with van der Waals surface area (Å²) < 4.78 is 39.0. The van der Waals surface area contributed by atoms with Gasteiger partial charge in [0.1, 0.15) is 5.82 Å². The van der Waals surface area contributed by atoms with Gasteiger partial charge in [0, 0.05) is 6.04 Å². The largest absolute Gasteiger partial charge is 0.335 e. The molecule has 1 unspecified atom stereocenters. The molecule has 0 saturated heterocycles. The lowest BCUT2D eigenvalue weighted by Gasteiger charge is -2.13. The summed E-state index contributed by atoms with van der Waals surface area (Å²) in [6.45, 7) is 1.68. The summed E-state index contributed by atoms with van der Waals surface area (Å²) in [4.78, 5) is 6.18. The predicted molar refractivity (Wildman–Crippen MR) is 63.7 cm³/mol. The van der Waals surface area contributed by atoms with Gasteiger partial charge < -0.3 is 4.98 Å². The minimum atomic E-state index is -3.64. The van der Waals surface area contributed by atoms with Crippen LogP contribution in [0.4, 0.5) is 4.39 Å². The average molecular weight is 269 g/mol. The van der Waals surface area contributed by atoms with Crippen molar-refractivity contribution in [2.75, 3.05) is 0 Å². The van der Waals surface area contributed by atoms with E-state index < -0.39 is 16.1 Å². The van der Waals surface area contributed by atoms with Crippen LogP contribution in [-0.2, 0) is 10.0 Å². The molecule has 1 aromatic carbocycles. The monoisotopic (exact) mass is 269 g/mol. The van der Waals surface area contributed by atoms with Crippen molar-refractivity contribution in [2.24, 2.45) is 0 Å². The second-order valence-electron chi connectivity index (χ2n) is 3.81. The molecule has 0 saturated carbocycles. The second kappa shape index (κ2) is 4.87. The van der Waals surface area contributed by atoms with Crippen molar-refractivity contribution in [1.29, 1.82) is 0 Å². The number of benzene rings is 1. The summed E-state index contributed by atoms with van der Waals surface area (Å²) in [5, 5.41) is -0.00328. The first-order valence-corrected chi connectivity index (χ1v) is 6.73. The SMILES string of the molecule is CC(NS(=O)(=O)c1cnc[nH]1)c1ccc(F)cc1. The zero-order valence-electron chi connectivity index (χ0n) is 9.59. The molecule has 1 heterocycles. The normalized spacial score (nSPS) is 13.4. The van der Waals surface area contributed by atoms with Crippen molar-refractivity contribution in [3.63, 3.8) is 0 Å². The fraction of sp³-hybridized carbons (Fsp3) is 0.182. The highest BCUT2D eigenvalue weighted by Gasteiger charge is 2.19. The Morgan fingerprint density at radius 1 is 1.33 bits per heavy atom. The number of nitrogens with one attached hydrogen (secondary N) is 2. The Morgan fingerprint density at radius 3 is 2.56 bits per heavy atom. The number of sulfonamides is 1. The Labute approximate surface area is 104 Å². The molecule has 0 radical (unpaired) electrons. The smallest absolute Gasteiger partial charge is 0.258 e. The molecule has 1 aromatic heterocycles. The van der Waals surface area contributed by atoms with Gasteiger partial charge in [-0.15, -0.1) is 0 Å². The third-order valence-corrected chi connectivity index (χ3v) is 3.93. The third-order valence-electron chi connectivity index (χ3n) is 2.46. The Hall–Kier alpha value is -1.73. The molecular weight excluding hydrogens is 257 g/mol. The van der Waals surface area contributed by atoms with Gasteiger partial charge in [0.25, 0.3) is 10.0 Å². The highest BCUT2D eigenvalue weighted by atomic mass is 32.2. The Morgan fingerprint density at radius 2 is 2.00 bits per heavy atom. The van der Waals surface area contributed by atoms with Crippen LogP contribution in [0.3, 0.4) is 0 Å². The van der Waals surface area contributed by atoms with E-state index >= 15 is 0 Å². The minimum Gasteiger partial charge on any atom is -0.335 e. The second-order valence-corrected chi connectivity index (χ2v) is 5.49. The average Bonchev–Trinajstić information content (AvgIpc) is 2.83. The molecule has 0 aliphatic rings. The highest BCUT2D eigenvalue weighted by Crippen LogP contribution is 2.15. The summed E-state index contributed by atoms with van der Waals surface area (Å²) >= 11 is 0. The standard InChI is InChI=1S/C11H12FN3O2S/c1-8(9-2-4-10(12)5-3-9)15-18(16,17)11-6-13-7-14-11/h2-8,15H,1H3,(H,13,14). The number of imidazole rings is 1. The summed E-state index contributed by atoms with van der Waals surface area (Å²) in [5.74, 6) is -0.359. The van der Waals surface area contributed by atoms with E-state index in [0.29, 0.717) is 5.56 Å². The van der Waals surface area contributed by atoms with Gasteiger partial charge in [-0.1, -0.05) is 12.1 Å². The molecule has 0 aliphatic carbocycles. The van der Waals surface area contributed by atoms with Crippen LogP contribution in [0.5, 0.6) is 0 Å². The van der Waals surface area contributed by atoms with E-state index in [-0.39, 0.29) is 10.8 Å². The first-order valence-electron chi connectivity index (χ1n) is 5.25. The maximum absolute atomic E-state index is 12.8. The van der Waals surface area contributed by atoms with Crippen LogP contribution in [0.15, 0.2) is 41.8 Å². The van der Waals surface area contributed by atoms with Crippen molar-refractivity contribution in [3.8, 4) is 0 Å². The molecule has 0 amide bonds.